The molecular formula is C11H16FNO4. The van der Waals surface area contributed by atoms with E-state index in [1.807, 2.05) is 0 Å². The van der Waals surface area contributed by atoms with Gasteiger partial charge in [-0.1, -0.05) is 0 Å². The van der Waals surface area contributed by atoms with Gasteiger partial charge in [-0.15, -0.1) is 0 Å². The Morgan fingerprint density at radius 1 is 1.53 bits per heavy atom. The number of aliphatic carboxylic acids is 1. The molecule has 0 spiro atoms. The number of ether oxygens (including phenoxy) is 1. The van der Waals surface area contributed by atoms with Crippen LogP contribution in [0.15, 0.2) is 0 Å². The van der Waals surface area contributed by atoms with E-state index in [1.165, 1.54) is 4.90 Å². The minimum absolute atomic E-state index is 0.0815. The fraction of sp³-hybridized carbons (Fsp3) is 0.818. The van der Waals surface area contributed by atoms with Crippen LogP contribution in [0, 0.1) is 0 Å². The highest BCUT2D eigenvalue weighted by molar-refractivity contribution is 5.82. The van der Waals surface area contributed by atoms with E-state index in [1.54, 1.807) is 0 Å². The van der Waals surface area contributed by atoms with Gasteiger partial charge in [-0.05, 0) is 12.8 Å². The van der Waals surface area contributed by atoms with Gasteiger partial charge >= 0.3 is 5.97 Å². The van der Waals surface area contributed by atoms with Gasteiger partial charge in [-0.25, -0.2) is 9.18 Å². The van der Waals surface area contributed by atoms with Crippen LogP contribution in [0.5, 0.6) is 0 Å². The lowest BCUT2D eigenvalue weighted by atomic mass is 10.1. The largest absolute Gasteiger partial charge is 0.479 e. The second-order valence-electron chi connectivity index (χ2n) is 4.67. The van der Waals surface area contributed by atoms with Crippen LogP contribution in [0.1, 0.15) is 25.7 Å². The Hall–Kier alpha value is -1.17. The Kier molecular flexibility index (Phi) is 3.33. The normalized spacial score (nSPS) is 33.0. The molecule has 0 aromatic carbocycles. The Balaban J connectivity index is 1.87. The van der Waals surface area contributed by atoms with Gasteiger partial charge < -0.3 is 14.7 Å². The molecule has 0 aliphatic carbocycles. The highest BCUT2D eigenvalue weighted by Gasteiger charge is 2.46. The van der Waals surface area contributed by atoms with Crippen LogP contribution >= 0.6 is 0 Å². The van der Waals surface area contributed by atoms with E-state index < -0.39 is 11.6 Å². The van der Waals surface area contributed by atoms with E-state index in [0.29, 0.717) is 6.61 Å². The summed E-state index contributed by atoms with van der Waals surface area (Å²) >= 11 is 0. The van der Waals surface area contributed by atoms with Crippen LogP contribution in [-0.2, 0) is 14.3 Å². The third kappa shape index (κ3) is 2.57. The van der Waals surface area contributed by atoms with Gasteiger partial charge in [-0.2, -0.15) is 0 Å². The number of hydrogen-bond donors (Lipinski definition) is 1. The van der Waals surface area contributed by atoms with Crippen LogP contribution < -0.4 is 0 Å². The van der Waals surface area contributed by atoms with E-state index in [0.717, 1.165) is 12.8 Å². The molecule has 96 valence electrons. The summed E-state index contributed by atoms with van der Waals surface area (Å²) in [6.07, 6.45) is 1.82. The average Bonchev–Trinajstić information content (AvgIpc) is 2.88. The van der Waals surface area contributed by atoms with Crippen LogP contribution in [-0.4, -0.2) is 53.4 Å². The van der Waals surface area contributed by atoms with Crippen LogP contribution in [0.4, 0.5) is 4.39 Å². The zero-order chi connectivity index (χ0) is 12.5. The van der Waals surface area contributed by atoms with Crippen LogP contribution in [0.25, 0.3) is 0 Å². The van der Waals surface area contributed by atoms with Crippen molar-refractivity contribution >= 4 is 11.9 Å². The molecule has 5 nitrogen and oxygen atoms in total. The number of carbonyl (C=O) groups is 2. The summed E-state index contributed by atoms with van der Waals surface area (Å²) < 4.78 is 19.1. The molecule has 2 saturated heterocycles. The maximum absolute atomic E-state index is 13.7. The summed E-state index contributed by atoms with van der Waals surface area (Å²) in [5.41, 5.74) is -2.27. The number of nitrogens with zero attached hydrogens (tertiary/aromatic N) is 1. The molecule has 0 radical (unpaired) electrons. The molecule has 17 heavy (non-hydrogen) atoms. The first kappa shape index (κ1) is 12.3. The summed E-state index contributed by atoms with van der Waals surface area (Å²) in [5, 5.41) is 8.72. The van der Waals surface area contributed by atoms with Crippen molar-refractivity contribution in [3.8, 4) is 0 Å². The lowest BCUT2D eigenvalue weighted by Crippen LogP contribution is -2.39. The standard InChI is InChI=1S/C11H16FNO4/c12-11(10(15)16)3-4-13(7-11)9(14)6-8-2-1-5-17-8/h8H,1-7H2,(H,15,16). The molecular weight excluding hydrogens is 229 g/mol. The van der Waals surface area contributed by atoms with Crippen LogP contribution in [0.2, 0.25) is 0 Å². The minimum Gasteiger partial charge on any atom is -0.479 e. The molecule has 2 unspecified atom stereocenters. The Morgan fingerprint density at radius 2 is 2.29 bits per heavy atom. The molecule has 0 aromatic heterocycles. The number of hydrogen-bond acceptors (Lipinski definition) is 3. The Labute approximate surface area is 98.5 Å². The molecule has 2 aliphatic rings. The number of carbonyl (C=O) groups excluding carboxylic acids is 1. The highest BCUT2D eigenvalue weighted by Crippen LogP contribution is 2.27. The van der Waals surface area contributed by atoms with E-state index in [4.69, 9.17) is 9.84 Å². The van der Waals surface area contributed by atoms with Crippen molar-refractivity contribution in [3.05, 3.63) is 0 Å². The van der Waals surface area contributed by atoms with Gasteiger partial charge in [0.2, 0.25) is 11.6 Å². The number of carboxylic acids is 1. The number of alkyl halides is 1. The van der Waals surface area contributed by atoms with Gasteiger partial charge in [0.25, 0.3) is 0 Å². The van der Waals surface area contributed by atoms with Crippen molar-refractivity contribution in [2.24, 2.45) is 0 Å². The Morgan fingerprint density at radius 3 is 2.82 bits per heavy atom. The number of rotatable bonds is 3. The smallest absolute Gasteiger partial charge is 0.343 e. The first-order valence-electron chi connectivity index (χ1n) is 5.83. The van der Waals surface area contributed by atoms with Gasteiger partial charge in [-0.3, -0.25) is 4.79 Å². The quantitative estimate of drug-likeness (QED) is 0.789. The highest BCUT2D eigenvalue weighted by atomic mass is 19.1. The van der Waals surface area contributed by atoms with Crippen molar-refractivity contribution in [2.75, 3.05) is 19.7 Å². The lowest BCUT2D eigenvalue weighted by molar-refractivity contribution is -0.150. The molecule has 0 bridgehead atoms. The maximum Gasteiger partial charge on any atom is 0.343 e. The van der Waals surface area contributed by atoms with E-state index >= 15 is 0 Å². The molecule has 0 aromatic rings. The number of likely N-dealkylation sites (tertiary alicyclic amines) is 1. The molecule has 6 heteroatoms. The summed E-state index contributed by atoms with van der Waals surface area (Å²) in [5.74, 6) is -1.69. The maximum atomic E-state index is 13.7. The van der Waals surface area contributed by atoms with Crippen LogP contribution in [0.3, 0.4) is 0 Å². The Bertz CT molecular complexity index is 329. The molecule has 1 N–H and O–H groups in total. The third-order valence-corrected chi connectivity index (χ3v) is 3.38. The van der Waals surface area contributed by atoms with Crippen molar-refractivity contribution in [1.29, 1.82) is 0 Å². The first-order valence-corrected chi connectivity index (χ1v) is 5.83. The van der Waals surface area contributed by atoms with Gasteiger partial charge in [0.05, 0.1) is 19.1 Å². The summed E-state index contributed by atoms with van der Waals surface area (Å²) in [6.45, 7) is 0.502. The second-order valence-corrected chi connectivity index (χ2v) is 4.67. The third-order valence-electron chi connectivity index (χ3n) is 3.38. The number of amides is 1. The molecule has 2 rings (SSSR count). The predicted molar refractivity (Wildman–Crippen MR) is 56.3 cm³/mol. The van der Waals surface area contributed by atoms with Crippen molar-refractivity contribution in [3.63, 3.8) is 0 Å². The van der Waals surface area contributed by atoms with Crippen molar-refractivity contribution in [1.82, 2.24) is 4.90 Å². The molecule has 1 amide bonds. The number of carboxylic acid groups (broad SMARTS) is 1. The zero-order valence-corrected chi connectivity index (χ0v) is 9.52. The second kappa shape index (κ2) is 4.60. The summed E-state index contributed by atoms with van der Waals surface area (Å²) in [7, 11) is 0. The zero-order valence-electron chi connectivity index (χ0n) is 9.52. The van der Waals surface area contributed by atoms with E-state index in [2.05, 4.69) is 0 Å². The van der Waals surface area contributed by atoms with Gasteiger partial charge in [0.1, 0.15) is 0 Å². The predicted octanol–water partition coefficient (Wildman–Crippen LogP) is 0.581. The number of halogens is 1. The average molecular weight is 245 g/mol. The van der Waals surface area contributed by atoms with Gasteiger partial charge in [0.15, 0.2) is 0 Å². The fourth-order valence-electron chi connectivity index (χ4n) is 2.29. The summed E-state index contributed by atoms with van der Waals surface area (Å²) in [4.78, 5) is 23.8. The molecule has 2 heterocycles. The first-order chi connectivity index (χ1) is 8.01. The SMILES string of the molecule is O=C(CC1CCCO1)N1CCC(F)(C(=O)O)C1. The minimum atomic E-state index is -2.27. The van der Waals surface area contributed by atoms with Gasteiger partial charge in [0, 0.05) is 19.6 Å². The summed E-state index contributed by atoms with van der Waals surface area (Å²) in [6, 6.07) is 0. The van der Waals surface area contributed by atoms with E-state index in [9.17, 15) is 14.0 Å². The van der Waals surface area contributed by atoms with Crippen molar-refractivity contribution in [2.45, 2.75) is 37.5 Å². The van der Waals surface area contributed by atoms with E-state index in [-0.39, 0.29) is 37.9 Å². The lowest BCUT2D eigenvalue weighted by Gasteiger charge is -2.19. The molecule has 2 atom stereocenters. The van der Waals surface area contributed by atoms with Crippen molar-refractivity contribution < 1.29 is 23.8 Å². The monoisotopic (exact) mass is 245 g/mol. The molecule has 2 fully saturated rings. The topological polar surface area (TPSA) is 66.8 Å². The molecule has 2 aliphatic heterocycles. The molecule has 0 saturated carbocycles. The fourth-order valence-corrected chi connectivity index (χ4v) is 2.29.